The highest BCUT2D eigenvalue weighted by Gasteiger charge is 2.51. The molecular weight excluding hydrogens is 380 g/mol. The Bertz CT molecular complexity index is 682. The number of carbonyl (C=O) groups excluding carboxylic acids is 2. The van der Waals surface area contributed by atoms with Gasteiger partial charge in [-0.25, -0.2) is 0 Å². The Kier molecular flexibility index (Phi) is 5.52. The van der Waals surface area contributed by atoms with Gasteiger partial charge in [-0.15, -0.1) is 11.3 Å². The number of rotatable bonds is 7. The van der Waals surface area contributed by atoms with Gasteiger partial charge in [-0.2, -0.15) is 0 Å². The molecule has 0 saturated heterocycles. The van der Waals surface area contributed by atoms with Gasteiger partial charge in [0.1, 0.15) is 0 Å². The van der Waals surface area contributed by atoms with Crippen LogP contribution in [0.5, 0.6) is 0 Å². The fraction of sp³-hybridized carbons (Fsp3) is 0.714. The molecule has 4 aliphatic rings. The molecule has 4 nitrogen and oxygen atoms in total. The molecule has 27 heavy (non-hydrogen) atoms. The number of amides is 2. The van der Waals surface area contributed by atoms with Crippen molar-refractivity contribution in [2.24, 2.45) is 23.2 Å². The molecular formula is C21H29ClN2O2S. The minimum absolute atomic E-state index is 0.0270. The topological polar surface area (TPSA) is 49.4 Å². The standard InChI is InChI=1S/C21H29ClN2O2S/c1-2-24(13-17-3-4-18(22)27-17)20(26)12-23-19(25)11-21-8-14-5-15(9-21)7-16(6-14)10-21/h3-4,14-16H,2,5-13H2,1H3,(H,23,25). The van der Waals surface area contributed by atoms with Gasteiger partial charge >= 0.3 is 0 Å². The fourth-order valence-electron chi connectivity index (χ4n) is 6.20. The van der Waals surface area contributed by atoms with Crippen LogP contribution in [0.1, 0.15) is 56.7 Å². The lowest BCUT2D eigenvalue weighted by molar-refractivity contribution is -0.135. The maximum absolute atomic E-state index is 12.6. The normalized spacial score (nSPS) is 31.1. The molecule has 4 aliphatic carbocycles. The molecule has 1 heterocycles. The second-order valence-corrected chi connectivity index (χ2v) is 10.8. The maximum atomic E-state index is 12.6. The number of carbonyl (C=O) groups is 2. The van der Waals surface area contributed by atoms with E-state index in [9.17, 15) is 9.59 Å². The van der Waals surface area contributed by atoms with Crippen LogP contribution in [-0.4, -0.2) is 29.8 Å². The number of nitrogens with one attached hydrogen (secondary N) is 1. The summed E-state index contributed by atoms with van der Waals surface area (Å²) in [5.41, 5.74) is 0.222. The van der Waals surface area contributed by atoms with E-state index < -0.39 is 0 Å². The highest BCUT2D eigenvalue weighted by molar-refractivity contribution is 7.16. The summed E-state index contributed by atoms with van der Waals surface area (Å²) in [5, 5.41) is 2.91. The Hall–Kier alpha value is -1.07. The minimum atomic E-state index is -0.0270. The predicted molar refractivity (Wildman–Crippen MR) is 109 cm³/mol. The van der Waals surface area contributed by atoms with Crippen molar-refractivity contribution in [3.63, 3.8) is 0 Å². The molecule has 0 aromatic carbocycles. The van der Waals surface area contributed by atoms with Gasteiger partial charge in [-0.1, -0.05) is 11.6 Å². The van der Waals surface area contributed by atoms with E-state index in [0.29, 0.717) is 19.5 Å². The van der Waals surface area contributed by atoms with E-state index in [1.54, 1.807) is 4.90 Å². The van der Waals surface area contributed by atoms with E-state index in [1.165, 1.54) is 49.9 Å². The van der Waals surface area contributed by atoms with Gasteiger partial charge in [0.25, 0.3) is 0 Å². The van der Waals surface area contributed by atoms with Crippen molar-refractivity contribution in [2.45, 2.75) is 58.4 Å². The Morgan fingerprint density at radius 3 is 2.33 bits per heavy atom. The Morgan fingerprint density at radius 1 is 1.19 bits per heavy atom. The molecule has 4 fully saturated rings. The summed E-state index contributed by atoms with van der Waals surface area (Å²) < 4.78 is 0.734. The summed E-state index contributed by atoms with van der Waals surface area (Å²) in [6, 6.07) is 3.81. The zero-order valence-corrected chi connectivity index (χ0v) is 17.6. The van der Waals surface area contributed by atoms with Crippen molar-refractivity contribution < 1.29 is 9.59 Å². The SMILES string of the molecule is CCN(Cc1ccc(Cl)s1)C(=O)CNC(=O)CC12CC3CC(CC(C3)C1)C2. The summed E-state index contributed by atoms with van der Waals surface area (Å²) in [5.74, 6) is 2.57. The fourth-order valence-corrected chi connectivity index (χ4v) is 7.30. The molecule has 5 rings (SSSR count). The van der Waals surface area contributed by atoms with E-state index in [2.05, 4.69) is 5.32 Å². The molecule has 148 valence electrons. The van der Waals surface area contributed by atoms with Crippen molar-refractivity contribution >= 4 is 34.8 Å². The number of hydrogen-bond acceptors (Lipinski definition) is 3. The van der Waals surface area contributed by atoms with Gasteiger partial charge in [0.05, 0.1) is 17.4 Å². The lowest BCUT2D eigenvalue weighted by Gasteiger charge is -2.56. The monoisotopic (exact) mass is 408 g/mol. The first-order valence-corrected chi connectivity index (χ1v) is 11.4. The van der Waals surface area contributed by atoms with E-state index in [1.807, 2.05) is 19.1 Å². The van der Waals surface area contributed by atoms with Crippen LogP contribution >= 0.6 is 22.9 Å². The summed E-state index contributed by atoms with van der Waals surface area (Å²) in [4.78, 5) is 28.0. The molecule has 0 unspecified atom stereocenters. The Morgan fingerprint density at radius 2 is 1.81 bits per heavy atom. The second kappa shape index (κ2) is 7.75. The van der Waals surface area contributed by atoms with Gasteiger partial charge < -0.3 is 10.2 Å². The van der Waals surface area contributed by atoms with E-state index in [4.69, 9.17) is 11.6 Å². The molecule has 0 atom stereocenters. The van der Waals surface area contributed by atoms with Crippen LogP contribution < -0.4 is 5.32 Å². The Balaban J connectivity index is 1.28. The smallest absolute Gasteiger partial charge is 0.242 e. The van der Waals surface area contributed by atoms with Gasteiger partial charge in [0.2, 0.25) is 11.8 Å². The van der Waals surface area contributed by atoms with Crippen molar-refractivity contribution in [3.8, 4) is 0 Å². The van der Waals surface area contributed by atoms with Gasteiger partial charge in [0.15, 0.2) is 0 Å². The zero-order chi connectivity index (χ0) is 19.0. The Labute approximate surface area is 170 Å². The summed E-state index contributed by atoms with van der Waals surface area (Å²) in [6.45, 7) is 3.24. The van der Waals surface area contributed by atoms with E-state index in [0.717, 1.165) is 27.0 Å². The molecule has 4 saturated carbocycles. The molecule has 2 amide bonds. The molecule has 6 heteroatoms. The molecule has 0 radical (unpaired) electrons. The van der Waals surface area contributed by atoms with Crippen LogP contribution in [0.4, 0.5) is 0 Å². The van der Waals surface area contributed by atoms with Crippen LogP contribution in [0.3, 0.4) is 0 Å². The highest BCUT2D eigenvalue weighted by Crippen LogP contribution is 2.61. The second-order valence-electron chi connectivity index (χ2n) is 8.98. The first-order valence-electron chi connectivity index (χ1n) is 10.2. The van der Waals surface area contributed by atoms with Crippen molar-refractivity contribution in [1.29, 1.82) is 0 Å². The minimum Gasteiger partial charge on any atom is -0.347 e. The lowest BCUT2D eigenvalue weighted by atomic mass is 9.49. The quantitative estimate of drug-likeness (QED) is 0.723. The molecule has 1 aromatic rings. The predicted octanol–water partition coefficient (Wildman–Crippen LogP) is 4.47. The number of halogens is 1. The molecule has 1 N–H and O–H groups in total. The van der Waals surface area contributed by atoms with Crippen LogP contribution in [0.2, 0.25) is 4.34 Å². The average Bonchev–Trinajstić information content (AvgIpc) is 3.01. The lowest BCUT2D eigenvalue weighted by Crippen LogP contribution is -2.48. The summed E-state index contributed by atoms with van der Waals surface area (Å²) in [6.07, 6.45) is 8.44. The van der Waals surface area contributed by atoms with E-state index >= 15 is 0 Å². The largest absolute Gasteiger partial charge is 0.347 e. The third-order valence-corrected chi connectivity index (χ3v) is 8.06. The maximum Gasteiger partial charge on any atom is 0.242 e. The van der Waals surface area contributed by atoms with Gasteiger partial charge in [-0.3, -0.25) is 9.59 Å². The van der Waals surface area contributed by atoms with Crippen molar-refractivity contribution in [2.75, 3.05) is 13.1 Å². The van der Waals surface area contributed by atoms with Crippen molar-refractivity contribution in [1.82, 2.24) is 10.2 Å². The zero-order valence-electron chi connectivity index (χ0n) is 16.0. The average molecular weight is 409 g/mol. The molecule has 4 bridgehead atoms. The third kappa shape index (κ3) is 4.34. The number of nitrogens with zero attached hydrogens (tertiary/aromatic N) is 1. The summed E-state index contributed by atoms with van der Waals surface area (Å²) in [7, 11) is 0. The van der Waals surface area contributed by atoms with Crippen LogP contribution in [0, 0.1) is 23.2 Å². The van der Waals surface area contributed by atoms with E-state index in [-0.39, 0.29) is 23.8 Å². The molecule has 0 spiro atoms. The first kappa shape index (κ1) is 19.3. The highest BCUT2D eigenvalue weighted by atomic mass is 35.5. The number of likely N-dealkylation sites (N-methyl/N-ethyl adjacent to an activating group) is 1. The molecule has 0 aliphatic heterocycles. The van der Waals surface area contributed by atoms with Crippen LogP contribution in [0.15, 0.2) is 12.1 Å². The van der Waals surface area contributed by atoms with Gasteiger partial charge in [0, 0.05) is 17.8 Å². The first-order chi connectivity index (χ1) is 12.9. The molecule has 1 aromatic heterocycles. The van der Waals surface area contributed by atoms with Crippen molar-refractivity contribution in [3.05, 3.63) is 21.3 Å². The number of thiophene rings is 1. The van der Waals surface area contributed by atoms with Gasteiger partial charge in [-0.05, 0) is 80.8 Å². The number of hydrogen-bond donors (Lipinski definition) is 1. The third-order valence-electron chi connectivity index (χ3n) is 6.85. The van der Waals surface area contributed by atoms with Crippen LogP contribution in [0.25, 0.3) is 0 Å². The van der Waals surface area contributed by atoms with Crippen LogP contribution in [-0.2, 0) is 16.1 Å². The summed E-state index contributed by atoms with van der Waals surface area (Å²) >= 11 is 7.47.